The summed E-state index contributed by atoms with van der Waals surface area (Å²) in [6, 6.07) is 5.61. The summed E-state index contributed by atoms with van der Waals surface area (Å²) in [5.41, 5.74) is 0.0155. The van der Waals surface area contributed by atoms with Crippen LogP contribution in [0, 0.1) is 0 Å². The second-order valence-corrected chi connectivity index (χ2v) is 3.01. The zero-order valence-corrected chi connectivity index (χ0v) is 7.67. The van der Waals surface area contributed by atoms with Gasteiger partial charge in [0.05, 0.1) is 0 Å². The summed E-state index contributed by atoms with van der Waals surface area (Å²) in [6.07, 6.45) is -0.722. The van der Waals surface area contributed by atoms with E-state index in [0.717, 1.165) is 0 Å². The summed E-state index contributed by atoms with van der Waals surface area (Å²) in [5, 5.41) is 30.3. The van der Waals surface area contributed by atoms with Crippen LogP contribution in [0.25, 0.3) is 0 Å². The highest BCUT2D eigenvalue weighted by Gasteiger charge is 2.16. The Kier molecular flexibility index (Phi) is 3.28. The number of phenols is 1. The van der Waals surface area contributed by atoms with Crippen LogP contribution in [0.4, 0.5) is 0 Å². The van der Waals surface area contributed by atoms with Crippen LogP contribution in [0.15, 0.2) is 24.3 Å². The molecule has 80 valence electrons. The van der Waals surface area contributed by atoms with Gasteiger partial charge in [0.25, 0.3) is 0 Å². The molecule has 0 aliphatic heterocycles. The van der Waals surface area contributed by atoms with Gasteiger partial charge in [-0.25, -0.2) is 0 Å². The molecule has 0 heterocycles. The van der Waals surface area contributed by atoms with Gasteiger partial charge in [-0.2, -0.15) is 0 Å². The third-order valence-electron chi connectivity index (χ3n) is 1.97. The van der Waals surface area contributed by atoms with Crippen molar-refractivity contribution in [2.24, 2.45) is 0 Å². The van der Waals surface area contributed by atoms with Crippen molar-refractivity contribution >= 4 is 11.9 Å². The fourth-order valence-corrected chi connectivity index (χ4v) is 1.27. The van der Waals surface area contributed by atoms with Gasteiger partial charge in [0.15, 0.2) is 0 Å². The highest BCUT2D eigenvalue weighted by molar-refractivity contribution is 5.81. The van der Waals surface area contributed by atoms with Crippen molar-refractivity contribution in [2.75, 3.05) is 0 Å². The number of benzene rings is 1. The second-order valence-electron chi connectivity index (χ2n) is 3.01. The fourth-order valence-electron chi connectivity index (χ4n) is 1.27. The summed E-state index contributed by atoms with van der Waals surface area (Å²) >= 11 is 0. The Balaban J connectivity index is 3.04. The van der Waals surface area contributed by atoms with Crippen LogP contribution in [0.2, 0.25) is 0 Å². The molecule has 0 saturated carbocycles. The Hall–Kier alpha value is -2.04. The molecule has 1 aromatic carbocycles. The summed E-state index contributed by atoms with van der Waals surface area (Å²) in [4.78, 5) is 21.0. The van der Waals surface area contributed by atoms with Gasteiger partial charge in [-0.05, 0) is 12.5 Å². The number of aliphatic carboxylic acids is 2. The molecule has 0 amide bonds. The lowest BCUT2D eigenvalue weighted by molar-refractivity contribution is -0.317. The van der Waals surface area contributed by atoms with E-state index in [1.54, 1.807) is 0 Å². The highest BCUT2D eigenvalue weighted by Crippen LogP contribution is 2.27. The monoisotopic (exact) mass is 208 g/mol. The maximum absolute atomic E-state index is 10.7. The molecule has 0 aliphatic carbocycles. The van der Waals surface area contributed by atoms with Crippen LogP contribution < -0.4 is 10.2 Å². The summed E-state index contributed by atoms with van der Waals surface area (Å²) in [5.74, 6) is -4.72. The number of carboxylic acids is 2. The van der Waals surface area contributed by atoms with Crippen molar-refractivity contribution in [3.8, 4) is 5.75 Å². The molecule has 15 heavy (non-hydrogen) atoms. The maximum atomic E-state index is 10.7. The third-order valence-corrected chi connectivity index (χ3v) is 1.97. The highest BCUT2D eigenvalue weighted by atomic mass is 16.4. The molecule has 1 rings (SSSR count). The van der Waals surface area contributed by atoms with Gasteiger partial charge < -0.3 is 24.9 Å². The molecule has 5 nitrogen and oxygen atoms in total. The molecule has 0 saturated heterocycles. The van der Waals surface area contributed by atoms with Crippen LogP contribution in [-0.2, 0) is 9.59 Å². The van der Waals surface area contributed by atoms with Crippen molar-refractivity contribution in [3.63, 3.8) is 0 Å². The van der Waals surface area contributed by atoms with E-state index in [4.69, 9.17) is 0 Å². The standard InChI is InChI=1S/C10H10O5/c11-8-4-2-1-3-6(8)7(10(14)15)5-9(12)13/h1-4,7,11H,5H2,(H,12,13)(H,14,15)/p-2. The SMILES string of the molecule is O=C([O-])CC(C(=O)[O-])c1ccccc1O. The molecule has 0 fully saturated rings. The Labute approximate surface area is 85.6 Å². The number of phenolic OH excluding ortho intramolecular Hbond substituents is 1. The Morgan fingerprint density at radius 1 is 1.27 bits per heavy atom. The first kappa shape index (κ1) is 11.0. The number of hydrogen-bond donors (Lipinski definition) is 1. The zero-order valence-electron chi connectivity index (χ0n) is 7.67. The number of carboxylic acid groups (broad SMARTS) is 2. The number of carbonyl (C=O) groups is 2. The van der Waals surface area contributed by atoms with Crippen molar-refractivity contribution in [1.82, 2.24) is 0 Å². The maximum Gasteiger partial charge on any atom is 0.119 e. The molecule has 1 atom stereocenters. The number of aromatic hydroxyl groups is 1. The Morgan fingerprint density at radius 2 is 1.87 bits per heavy atom. The van der Waals surface area contributed by atoms with Gasteiger partial charge in [-0.1, -0.05) is 18.2 Å². The lowest BCUT2D eigenvalue weighted by Gasteiger charge is -2.19. The van der Waals surface area contributed by atoms with Crippen molar-refractivity contribution in [2.45, 2.75) is 12.3 Å². The predicted molar refractivity (Wildman–Crippen MR) is 45.5 cm³/mol. The lowest BCUT2D eigenvalue weighted by Crippen LogP contribution is -2.34. The number of hydrogen-bond acceptors (Lipinski definition) is 5. The molecule has 0 spiro atoms. The second kappa shape index (κ2) is 4.45. The largest absolute Gasteiger partial charge is 0.550 e. The van der Waals surface area contributed by atoms with E-state index in [1.165, 1.54) is 24.3 Å². The average Bonchev–Trinajstić information content (AvgIpc) is 2.15. The van der Waals surface area contributed by atoms with E-state index in [1.807, 2.05) is 0 Å². The summed E-state index contributed by atoms with van der Waals surface area (Å²) in [6.45, 7) is 0. The van der Waals surface area contributed by atoms with Crippen molar-refractivity contribution < 1.29 is 24.9 Å². The molecule has 1 N–H and O–H groups in total. The first-order chi connectivity index (χ1) is 7.02. The van der Waals surface area contributed by atoms with Gasteiger partial charge in [0.2, 0.25) is 0 Å². The van der Waals surface area contributed by atoms with E-state index in [9.17, 15) is 24.9 Å². The Bertz CT molecular complexity index is 385. The van der Waals surface area contributed by atoms with E-state index < -0.39 is 24.3 Å². The van der Waals surface area contributed by atoms with Crippen molar-refractivity contribution in [1.29, 1.82) is 0 Å². The summed E-state index contributed by atoms with van der Waals surface area (Å²) in [7, 11) is 0. The van der Waals surface area contributed by atoms with Gasteiger partial charge in [-0.3, -0.25) is 0 Å². The molecule has 0 radical (unpaired) electrons. The van der Waals surface area contributed by atoms with E-state index in [0.29, 0.717) is 0 Å². The fraction of sp³-hybridized carbons (Fsp3) is 0.200. The number of rotatable bonds is 4. The number of para-hydroxylation sites is 1. The lowest BCUT2D eigenvalue weighted by atomic mass is 9.95. The average molecular weight is 208 g/mol. The predicted octanol–water partition coefficient (Wildman–Crippen LogP) is -1.63. The molecule has 1 aromatic rings. The van der Waals surface area contributed by atoms with Crippen molar-refractivity contribution in [3.05, 3.63) is 29.8 Å². The minimum atomic E-state index is -1.55. The first-order valence-electron chi connectivity index (χ1n) is 4.21. The molecule has 0 bridgehead atoms. The minimum Gasteiger partial charge on any atom is -0.550 e. The van der Waals surface area contributed by atoms with E-state index >= 15 is 0 Å². The number of carbonyl (C=O) groups excluding carboxylic acids is 2. The molecule has 0 aliphatic rings. The normalized spacial score (nSPS) is 12.0. The quantitative estimate of drug-likeness (QED) is 0.639. The van der Waals surface area contributed by atoms with Crippen LogP contribution in [0.5, 0.6) is 5.75 Å². The van der Waals surface area contributed by atoms with Crippen LogP contribution >= 0.6 is 0 Å². The first-order valence-corrected chi connectivity index (χ1v) is 4.21. The minimum absolute atomic E-state index is 0.0155. The smallest absolute Gasteiger partial charge is 0.119 e. The van der Waals surface area contributed by atoms with Gasteiger partial charge in [0, 0.05) is 23.4 Å². The third kappa shape index (κ3) is 2.70. The molecule has 1 unspecified atom stereocenters. The topological polar surface area (TPSA) is 100 Å². The molecular formula is C10H8O5-2. The van der Waals surface area contributed by atoms with Gasteiger partial charge >= 0.3 is 0 Å². The van der Waals surface area contributed by atoms with Crippen LogP contribution in [-0.4, -0.2) is 17.0 Å². The Morgan fingerprint density at radius 3 is 2.33 bits per heavy atom. The zero-order chi connectivity index (χ0) is 11.4. The van der Waals surface area contributed by atoms with Crippen LogP contribution in [0.1, 0.15) is 17.9 Å². The van der Waals surface area contributed by atoms with Gasteiger partial charge in [-0.15, -0.1) is 0 Å². The molecule has 0 aromatic heterocycles. The van der Waals surface area contributed by atoms with E-state index in [2.05, 4.69) is 0 Å². The van der Waals surface area contributed by atoms with Gasteiger partial charge in [0.1, 0.15) is 5.75 Å². The van der Waals surface area contributed by atoms with Crippen LogP contribution in [0.3, 0.4) is 0 Å². The molecule has 5 heteroatoms. The summed E-state index contributed by atoms with van der Waals surface area (Å²) < 4.78 is 0. The molecular weight excluding hydrogens is 200 g/mol. The van der Waals surface area contributed by atoms with E-state index in [-0.39, 0.29) is 11.3 Å².